The van der Waals surface area contributed by atoms with Gasteiger partial charge in [-0.2, -0.15) is 0 Å². The molecule has 0 fully saturated rings. The van der Waals surface area contributed by atoms with Crippen LogP contribution in [-0.4, -0.2) is 6.54 Å². The minimum atomic E-state index is 0.298. The van der Waals surface area contributed by atoms with Crippen molar-refractivity contribution in [2.24, 2.45) is 0 Å². The zero-order chi connectivity index (χ0) is 12.8. The molecule has 2 aromatic rings. The van der Waals surface area contributed by atoms with Crippen LogP contribution in [0, 0.1) is 0 Å². The van der Waals surface area contributed by atoms with Crippen molar-refractivity contribution in [2.75, 3.05) is 6.54 Å². The number of halogens is 1. The summed E-state index contributed by atoms with van der Waals surface area (Å²) in [6.45, 7) is 3.09. The van der Waals surface area contributed by atoms with Crippen molar-refractivity contribution in [3.63, 3.8) is 0 Å². The molecule has 3 heteroatoms. The molecule has 0 aliphatic heterocycles. The summed E-state index contributed by atoms with van der Waals surface area (Å²) in [5.41, 5.74) is 1.29. The van der Waals surface area contributed by atoms with E-state index < -0.39 is 0 Å². The van der Waals surface area contributed by atoms with E-state index in [0.717, 1.165) is 30.2 Å². The molecule has 2 rings (SSSR count). The lowest BCUT2D eigenvalue weighted by atomic mass is 10.1. The molecular weight excluding hydrogens is 246 g/mol. The molecule has 1 aromatic carbocycles. The molecule has 1 aromatic heterocycles. The number of hydrogen-bond donors (Lipinski definition) is 1. The third-order valence-electron chi connectivity index (χ3n) is 3.01. The standard InChI is InChI=1S/C15H18ClNO/c1-2-14(15-4-3-11-18-15)17-10-9-12-5-7-13(16)8-6-12/h3-8,11,14,17H,2,9-10H2,1H3. The number of nitrogens with one attached hydrogen (secondary N) is 1. The first-order valence-electron chi connectivity index (χ1n) is 6.31. The summed E-state index contributed by atoms with van der Waals surface area (Å²) >= 11 is 5.86. The maximum absolute atomic E-state index is 5.86. The summed E-state index contributed by atoms with van der Waals surface area (Å²) in [6.07, 6.45) is 3.74. The number of furan rings is 1. The van der Waals surface area contributed by atoms with Crippen molar-refractivity contribution < 1.29 is 4.42 Å². The Labute approximate surface area is 113 Å². The van der Waals surface area contributed by atoms with Gasteiger partial charge in [0.1, 0.15) is 5.76 Å². The Hall–Kier alpha value is -1.25. The highest BCUT2D eigenvalue weighted by Gasteiger charge is 2.10. The molecule has 1 unspecified atom stereocenters. The van der Waals surface area contributed by atoms with E-state index in [9.17, 15) is 0 Å². The van der Waals surface area contributed by atoms with E-state index in [1.807, 2.05) is 24.3 Å². The van der Waals surface area contributed by atoms with Crippen LogP contribution in [0.2, 0.25) is 5.02 Å². The normalized spacial score (nSPS) is 12.6. The lowest BCUT2D eigenvalue weighted by Crippen LogP contribution is -2.22. The van der Waals surface area contributed by atoms with Crippen LogP contribution in [0.4, 0.5) is 0 Å². The largest absolute Gasteiger partial charge is 0.468 e. The first kappa shape index (κ1) is 13.2. The van der Waals surface area contributed by atoms with E-state index in [1.165, 1.54) is 5.56 Å². The van der Waals surface area contributed by atoms with Crippen molar-refractivity contribution in [3.05, 3.63) is 59.0 Å². The van der Waals surface area contributed by atoms with Crippen molar-refractivity contribution in [1.29, 1.82) is 0 Å². The molecule has 0 aliphatic rings. The molecule has 2 nitrogen and oxygen atoms in total. The average molecular weight is 264 g/mol. The molecule has 1 heterocycles. The van der Waals surface area contributed by atoms with Crippen molar-refractivity contribution >= 4 is 11.6 Å². The van der Waals surface area contributed by atoms with Gasteiger partial charge in [0.15, 0.2) is 0 Å². The molecule has 1 N–H and O–H groups in total. The molecule has 0 aliphatic carbocycles. The smallest absolute Gasteiger partial charge is 0.120 e. The molecule has 0 saturated heterocycles. The van der Waals surface area contributed by atoms with Gasteiger partial charge in [0.2, 0.25) is 0 Å². The molecule has 0 radical (unpaired) electrons. The molecule has 1 atom stereocenters. The van der Waals surface area contributed by atoms with Gasteiger partial charge >= 0.3 is 0 Å². The van der Waals surface area contributed by atoms with Crippen molar-refractivity contribution in [1.82, 2.24) is 5.32 Å². The van der Waals surface area contributed by atoms with E-state index in [0.29, 0.717) is 6.04 Å². The van der Waals surface area contributed by atoms with Crippen molar-refractivity contribution in [2.45, 2.75) is 25.8 Å². The Balaban J connectivity index is 1.82. The molecule has 0 spiro atoms. The van der Waals surface area contributed by atoms with Crippen LogP contribution in [0.5, 0.6) is 0 Å². The summed E-state index contributed by atoms with van der Waals surface area (Å²) in [5, 5.41) is 4.29. The second-order valence-electron chi connectivity index (χ2n) is 4.31. The predicted molar refractivity (Wildman–Crippen MR) is 74.9 cm³/mol. The highest BCUT2D eigenvalue weighted by atomic mass is 35.5. The van der Waals surface area contributed by atoms with Crippen LogP contribution in [0.3, 0.4) is 0 Å². The predicted octanol–water partition coefficient (Wildman–Crippen LogP) is 4.22. The van der Waals surface area contributed by atoms with Crippen LogP contribution in [0.15, 0.2) is 47.1 Å². The topological polar surface area (TPSA) is 25.2 Å². The van der Waals surface area contributed by atoms with Gasteiger partial charge in [-0.25, -0.2) is 0 Å². The van der Waals surface area contributed by atoms with E-state index >= 15 is 0 Å². The minimum absolute atomic E-state index is 0.298. The van der Waals surface area contributed by atoms with Crippen molar-refractivity contribution in [3.8, 4) is 0 Å². The molecule has 0 amide bonds. The van der Waals surface area contributed by atoms with Gasteiger partial charge in [-0.1, -0.05) is 30.7 Å². The van der Waals surface area contributed by atoms with E-state index in [1.54, 1.807) is 6.26 Å². The quantitative estimate of drug-likeness (QED) is 0.844. The third-order valence-corrected chi connectivity index (χ3v) is 3.26. The highest BCUT2D eigenvalue weighted by molar-refractivity contribution is 6.30. The fraction of sp³-hybridized carbons (Fsp3) is 0.333. The first-order chi connectivity index (χ1) is 8.79. The second kappa shape index (κ2) is 6.62. The second-order valence-corrected chi connectivity index (χ2v) is 4.74. The number of hydrogen-bond acceptors (Lipinski definition) is 2. The van der Waals surface area contributed by atoms with Crippen LogP contribution >= 0.6 is 11.6 Å². The van der Waals surface area contributed by atoms with E-state index in [-0.39, 0.29) is 0 Å². The lowest BCUT2D eigenvalue weighted by Gasteiger charge is -2.14. The van der Waals surface area contributed by atoms with Crippen LogP contribution in [0.1, 0.15) is 30.7 Å². The summed E-state index contributed by atoms with van der Waals surface area (Å²) < 4.78 is 5.43. The Morgan fingerprint density at radius 3 is 2.61 bits per heavy atom. The number of benzene rings is 1. The SMILES string of the molecule is CCC(NCCc1ccc(Cl)cc1)c1ccco1. The van der Waals surface area contributed by atoms with E-state index in [4.69, 9.17) is 16.0 Å². The lowest BCUT2D eigenvalue weighted by molar-refractivity contribution is 0.406. The Morgan fingerprint density at radius 2 is 2.00 bits per heavy atom. The number of rotatable bonds is 6. The van der Waals surface area contributed by atoms with Gasteiger partial charge < -0.3 is 9.73 Å². The highest BCUT2D eigenvalue weighted by Crippen LogP contribution is 2.16. The maximum atomic E-state index is 5.86. The summed E-state index contributed by atoms with van der Waals surface area (Å²) in [4.78, 5) is 0. The fourth-order valence-electron chi connectivity index (χ4n) is 1.98. The van der Waals surface area contributed by atoms with Crippen LogP contribution < -0.4 is 5.32 Å². The van der Waals surface area contributed by atoms with Crippen LogP contribution in [0.25, 0.3) is 0 Å². The molecular formula is C15H18ClNO. The first-order valence-corrected chi connectivity index (χ1v) is 6.68. The van der Waals surface area contributed by atoms with E-state index in [2.05, 4.69) is 24.4 Å². The monoisotopic (exact) mass is 263 g/mol. The zero-order valence-electron chi connectivity index (χ0n) is 10.5. The Bertz CT molecular complexity index is 450. The molecule has 96 valence electrons. The van der Waals surface area contributed by atoms with Gasteiger partial charge in [0.05, 0.1) is 12.3 Å². The third kappa shape index (κ3) is 3.62. The fourth-order valence-corrected chi connectivity index (χ4v) is 2.10. The van der Waals surface area contributed by atoms with Crippen LogP contribution in [-0.2, 0) is 6.42 Å². The zero-order valence-corrected chi connectivity index (χ0v) is 11.3. The Morgan fingerprint density at radius 1 is 1.22 bits per heavy atom. The maximum Gasteiger partial charge on any atom is 0.120 e. The molecule has 0 saturated carbocycles. The summed E-state index contributed by atoms with van der Waals surface area (Å²) in [5.74, 6) is 1.01. The van der Waals surface area contributed by atoms with Gasteiger partial charge in [-0.15, -0.1) is 0 Å². The molecule has 0 bridgehead atoms. The van der Waals surface area contributed by atoms with Gasteiger partial charge in [0, 0.05) is 5.02 Å². The minimum Gasteiger partial charge on any atom is -0.468 e. The van der Waals surface area contributed by atoms with Gasteiger partial charge in [-0.05, 0) is 49.2 Å². The Kier molecular flexibility index (Phi) is 4.85. The average Bonchev–Trinajstić information content (AvgIpc) is 2.91. The summed E-state index contributed by atoms with van der Waals surface area (Å²) in [7, 11) is 0. The van der Waals surface area contributed by atoms with Gasteiger partial charge in [-0.3, -0.25) is 0 Å². The van der Waals surface area contributed by atoms with Gasteiger partial charge in [0.25, 0.3) is 0 Å². The molecule has 18 heavy (non-hydrogen) atoms. The summed E-state index contributed by atoms with van der Waals surface area (Å²) in [6, 6.07) is 12.2.